The van der Waals surface area contributed by atoms with E-state index in [1.807, 2.05) is 6.92 Å². The molecule has 0 aliphatic carbocycles. The molecule has 0 unspecified atom stereocenters. The molecule has 74 valence electrons. The second-order valence-corrected chi connectivity index (χ2v) is 2.70. The highest BCUT2D eigenvalue weighted by Crippen LogP contribution is 2.09. The molecule has 0 aromatic carbocycles. The maximum atomic E-state index is 11.3. The highest BCUT2D eigenvalue weighted by molar-refractivity contribution is 6.19. The van der Waals surface area contributed by atoms with Crippen molar-refractivity contribution >= 4 is 17.5 Å². The largest absolute Gasteiger partial charge is 0.504 e. The molecule has 0 bridgehead atoms. The lowest BCUT2D eigenvalue weighted by molar-refractivity contribution is -0.116. The first kappa shape index (κ1) is 12.0. The van der Waals surface area contributed by atoms with E-state index in [1.54, 1.807) is 13.1 Å². The predicted octanol–water partition coefficient (Wildman–Crippen LogP) is 1.45. The van der Waals surface area contributed by atoms with Crippen molar-refractivity contribution in [2.45, 2.75) is 6.92 Å². The van der Waals surface area contributed by atoms with Crippen LogP contribution in [0.2, 0.25) is 0 Å². The van der Waals surface area contributed by atoms with Gasteiger partial charge in [0.15, 0.2) is 0 Å². The SMILES string of the molecule is CNC(=O)C(=C/OC)/C(C)=C\CCl. The zero-order valence-electron chi connectivity index (χ0n) is 8.06. The summed E-state index contributed by atoms with van der Waals surface area (Å²) in [5, 5.41) is 2.52. The molecule has 0 spiro atoms. The van der Waals surface area contributed by atoms with E-state index < -0.39 is 0 Å². The first-order valence-electron chi connectivity index (χ1n) is 3.85. The van der Waals surface area contributed by atoms with Gasteiger partial charge in [0.05, 0.1) is 18.9 Å². The zero-order valence-corrected chi connectivity index (χ0v) is 8.81. The van der Waals surface area contributed by atoms with Crippen LogP contribution in [0.1, 0.15) is 6.92 Å². The third-order valence-corrected chi connectivity index (χ3v) is 1.67. The molecule has 0 aromatic heterocycles. The Hall–Kier alpha value is -0.960. The van der Waals surface area contributed by atoms with Crippen molar-refractivity contribution in [2.24, 2.45) is 0 Å². The van der Waals surface area contributed by atoms with Crippen LogP contribution in [0.4, 0.5) is 0 Å². The lowest BCUT2D eigenvalue weighted by atomic mass is 10.1. The summed E-state index contributed by atoms with van der Waals surface area (Å²) < 4.78 is 4.79. The predicted molar refractivity (Wildman–Crippen MR) is 53.6 cm³/mol. The molecule has 1 N–H and O–H groups in total. The van der Waals surface area contributed by atoms with Crippen molar-refractivity contribution in [2.75, 3.05) is 20.0 Å². The molecule has 0 saturated heterocycles. The molecule has 0 heterocycles. The average Bonchev–Trinajstić information content (AvgIpc) is 2.13. The smallest absolute Gasteiger partial charge is 0.254 e. The lowest BCUT2D eigenvalue weighted by Gasteiger charge is -2.05. The van der Waals surface area contributed by atoms with Crippen LogP contribution >= 0.6 is 11.6 Å². The highest BCUT2D eigenvalue weighted by atomic mass is 35.5. The quantitative estimate of drug-likeness (QED) is 0.325. The fourth-order valence-electron chi connectivity index (χ4n) is 0.804. The number of ether oxygens (including phenoxy) is 1. The van der Waals surface area contributed by atoms with E-state index >= 15 is 0 Å². The summed E-state index contributed by atoms with van der Waals surface area (Å²) in [7, 11) is 3.07. The van der Waals surface area contributed by atoms with E-state index in [-0.39, 0.29) is 5.91 Å². The number of likely N-dealkylation sites (N-methyl/N-ethyl adjacent to an activating group) is 1. The fraction of sp³-hybridized carbons (Fsp3) is 0.444. The van der Waals surface area contributed by atoms with Gasteiger partial charge >= 0.3 is 0 Å². The molecule has 1 amide bonds. The van der Waals surface area contributed by atoms with Gasteiger partial charge in [0.25, 0.3) is 5.91 Å². The number of alkyl halides is 1. The lowest BCUT2D eigenvalue weighted by Crippen LogP contribution is -2.20. The Morgan fingerprint density at radius 1 is 1.62 bits per heavy atom. The maximum absolute atomic E-state index is 11.3. The topological polar surface area (TPSA) is 38.3 Å². The Balaban J connectivity index is 4.72. The van der Waals surface area contributed by atoms with Gasteiger partial charge in [0.1, 0.15) is 0 Å². The first-order chi connectivity index (χ1) is 6.17. The summed E-state index contributed by atoms with van der Waals surface area (Å²) in [5.74, 6) is 0.199. The summed E-state index contributed by atoms with van der Waals surface area (Å²) in [6.07, 6.45) is 3.15. The number of methoxy groups -OCH3 is 1. The molecule has 0 aliphatic rings. The number of hydrogen-bond acceptors (Lipinski definition) is 2. The summed E-state index contributed by atoms with van der Waals surface area (Å²) >= 11 is 5.51. The normalized spacial score (nSPS) is 12.6. The molecule has 0 rings (SSSR count). The van der Waals surface area contributed by atoms with Crippen molar-refractivity contribution in [3.8, 4) is 0 Å². The molecule has 0 aromatic rings. The van der Waals surface area contributed by atoms with Crippen LogP contribution in [0.25, 0.3) is 0 Å². The Labute approximate surface area is 83.4 Å². The van der Waals surface area contributed by atoms with Crippen LogP contribution in [-0.2, 0) is 9.53 Å². The molecule has 0 atom stereocenters. The molecular weight excluding hydrogens is 190 g/mol. The molecule has 0 aliphatic heterocycles. The molecule has 0 fully saturated rings. The minimum atomic E-state index is -0.180. The van der Waals surface area contributed by atoms with Crippen LogP contribution in [-0.4, -0.2) is 25.9 Å². The van der Waals surface area contributed by atoms with Gasteiger partial charge in [0, 0.05) is 12.9 Å². The number of carbonyl (C=O) groups is 1. The number of allylic oxidation sites excluding steroid dienone is 1. The van der Waals surface area contributed by atoms with Crippen molar-refractivity contribution in [3.63, 3.8) is 0 Å². The van der Waals surface area contributed by atoms with Gasteiger partial charge in [-0.05, 0) is 12.5 Å². The molecule has 0 radical (unpaired) electrons. The number of halogens is 1. The number of amides is 1. The first-order valence-corrected chi connectivity index (χ1v) is 4.39. The molecule has 3 nitrogen and oxygen atoms in total. The third kappa shape index (κ3) is 3.99. The second-order valence-electron chi connectivity index (χ2n) is 2.39. The van der Waals surface area contributed by atoms with E-state index in [1.165, 1.54) is 13.4 Å². The number of carbonyl (C=O) groups excluding carboxylic acids is 1. The van der Waals surface area contributed by atoms with E-state index in [2.05, 4.69) is 5.32 Å². The van der Waals surface area contributed by atoms with E-state index in [0.29, 0.717) is 11.5 Å². The summed E-state index contributed by atoms with van der Waals surface area (Å²) in [6.45, 7) is 1.81. The van der Waals surface area contributed by atoms with Gasteiger partial charge < -0.3 is 10.1 Å². The van der Waals surface area contributed by atoms with Crippen molar-refractivity contribution < 1.29 is 9.53 Å². The van der Waals surface area contributed by atoms with Gasteiger partial charge in [-0.3, -0.25) is 4.79 Å². The van der Waals surface area contributed by atoms with Crippen LogP contribution in [0.3, 0.4) is 0 Å². The highest BCUT2D eigenvalue weighted by Gasteiger charge is 2.08. The molecular formula is C9H14ClNO2. The summed E-state index contributed by atoms with van der Waals surface area (Å²) in [4.78, 5) is 11.3. The van der Waals surface area contributed by atoms with Crippen LogP contribution in [0.15, 0.2) is 23.5 Å². The van der Waals surface area contributed by atoms with Gasteiger partial charge in [-0.15, -0.1) is 11.6 Å². The minimum Gasteiger partial charge on any atom is -0.504 e. The standard InChI is InChI=1S/C9H14ClNO2/c1-7(4-5-10)8(6-13-3)9(12)11-2/h4,6H,5H2,1-3H3,(H,11,12)/b7-4-,8-6+. The number of hydrogen-bond donors (Lipinski definition) is 1. The Kier molecular flexibility index (Phi) is 6.06. The van der Waals surface area contributed by atoms with Gasteiger partial charge in [0.2, 0.25) is 0 Å². The van der Waals surface area contributed by atoms with E-state index in [4.69, 9.17) is 16.3 Å². The van der Waals surface area contributed by atoms with Gasteiger partial charge in [-0.1, -0.05) is 6.08 Å². The fourth-order valence-corrected chi connectivity index (χ4v) is 1.04. The Morgan fingerprint density at radius 3 is 2.62 bits per heavy atom. The van der Waals surface area contributed by atoms with E-state index in [0.717, 1.165) is 5.57 Å². The third-order valence-electron chi connectivity index (χ3n) is 1.52. The summed E-state index contributed by atoms with van der Waals surface area (Å²) in [6, 6.07) is 0. The van der Waals surface area contributed by atoms with Crippen molar-refractivity contribution in [3.05, 3.63) is 23.5 Å². The van der Waals surface area contributed by atoms with Crippen LogP contribution in [0.5, 0.6) is 0 Å². The van der Waals surface area contributed by atoms with Crippen molar-refractivity contribution in [1.29, 1.82) is 0 Å². The van der Waals surface area contributed by atoms with E-state index in [9.17, 15) is 4.79 Å². The second kappa shape index (κ2) is 6.54. The Bertz CT molecular complexity index is 234. The zero-order chi connectivity index (χ0) is 10.3. The molecule has 4 heteroatoms. The van der Waals surface area contributed by atoms with Gasteiger partial charge in [-0.2, -0.15) is 0 Å². The van der Waals surface area contributed by atoms with Gasteiger partial charge in [-0.25, -0.2) is 0 Å². The van der Waals surface area contributed by atoms with Crippen LogP contribution < -0.4 is 5.32 Å². The minimum absolute atomic E-state index is 0.180. The van der Waals surface area contributed by atoms with Crippen LogP contribution in [0, 0.1) is 0 Å². The maximum Gasteiger partial charge on any atom is 0.254 e. The number of nitrogens with one attached hydrogen (secondary N) is 1. The summed E-state index contributed by atoms with van der Waals surface area (Å²) in [5.41, 5.74) is 1.29. The molecule has 0 saturated carbocycles. The van der Waals surface area contributed by atoms with Crippen molar-refractivity contribution in [1.82, 2.24) is 5.32 Å². The number of rotatable bonds is 4. The molecule has 13 heavy (non-hydrogen) atoms. The Morgan fingerprint density at radius 2 is 2.23 bits per heavy atom. The monoisotopic (exact) mass is 203 g/mol. The average molecular weight is 204 g/mol.